The second-order valence-corrected chi connectivity index (χ2v) is 8.14. The van der Waals surface area contributed by atoms with E-state index in [9.17, 15) is 18.0 Å². The zero-order chi connectivity index (χ0) is 22.3. The van der Waals surface area contributed by atoms with Gasteiger partial charge in [-0.25, -0.2) is 9.67 Å². The van der Waals surface area contributed by atoms with Gasteiger partial charge < -0.3 is 9.88 Å². The lowest BCUT2D eigenvalue weighted by molar-refractivity contribution is -0.141. The van der Waals surface area contributed by atoms with Gasteiger partial charge in [0.15, 0.2) is 5.69 Å². The van der Waals surface area contributed by atoms with Crippen molar-refractivity contribution in [1.82, 2.24) is 19.3 Å². The minimum atomic E-state index is -4.57. The van der Waals surface area contributed by atoms with Gasteiger partial charge in [0.05, 0.1) is 23.3 Å². The number of halogens is 4. The number of amides is 1. The Labute approximate surface area is 182 Å². The Morgan fingerprint density at radius 3 is 2.48 bits per heavy atom. The number of nitrogens with one attached hydrogen (secondary N) is 1. The summed E-state index contributed by atoms with van der Waals surface area (Å²) in [4.78, 5) is 16.4. The van der Waals surface area contributed by atoms with Crippen LogP contribution in [-0.4, -0.2) is 25.2 Å². The summed E-state index contributed by atoms with van der Waals surface area (Å²) in [6.45, 7) is 2.98. The highest BCUT2D eigenvalue weighted by Crippen LogP contribution is 2.41. The molecule has 164 valence electrons. The van der Waals surface area contributed by atoms with Gasteiger partial charge in [-0.05, 0) is 51.0 Å². The van der Waals surface area contributed by atoms with E-state index in [-0.39, 0.29) is 11.7 Å². The fourth-order valence-electron chi connectivity index (χ4n) is 3.70. The molecule has 0 aliphatic heterocycles. The summed E-state index contributed by atoms with van der Waals surface area (Å²) in [5.74, 6) is -0.0768. The van der Waals surface area contributed by atoms with Crippen molar-refractivity contribution in [2.75, 3.05) is 5.32 Å². The molecule has 0 saturated heterocycles. The summed E-state index contributed by atoms with van der Waals surface area (Å²) in [5, 5.41) is 7.91. The summed E-state index contributed by atoms with van der Waals surface area (Å²) in [5.41, 5.74) is 1.24. The monoisotopic (exact) mass is 451 g/mol. The van der Waals surface area contributed by atoms with Crippen LogP contribution in [0.1, 0.15) is 55.4 Å². The molecule has 3 aromatic rings. The molecule has 0 spiro atoms. The second kappa shape index (κ2) is 8.03. The Hall–Kier alpha value is -2.81. The Balaban J connectivity index is 1.61. The Kier molecular flexibility index (Phi) is 5.55. The third kappa shape index (κ3) is 4.19. The predicted molar refractivity (Wildman–Crippen MR) is 110 cm³/mol. The van der Waals surface area contributed by atoms with Crippen LogP contribution in [0.4, 0.5) is 18.9 Å². The molecule has 4 rings (SSSR count). The first-order valence-electron chi connectivity index (χ1n) is 9.92. The van der Waals surface area contributed by atoms with Gasteiger partial charge in [-0.3, -0.25) is 4.79 Å². The van der Waals surface area contributed by atoms with Crippen LogP contribution in [0.15, 0.2) is 36.7 Å². The number of carbonyl (C=O) groups excluding carboxylic acids is 1. The van der Waals surface area contributed by atoms with Crippen molar-refractivity contribution in [3.63, 3.8) is 0 Å². The largest absolute Gasteiger partial charge is 0.434 e. The predicted octanol–water partition coefficient (Wildman–Crippen LogP) is 5.52. The van der Waals surface area contributed by atoms with Crippen LogP contribution >= 0.6 is 11.6 Å². The molecule has 1 fully saturated rings. The smallest absolute Gasteiger partial charge is 0.322 e. The lowest BCUT2D eigenvalue weighted by Gasteiger charge is -2.27. The number of hydrogen-bond donors (Lipinski definition) is 1. The van der Waals surface area contributed by atoms with Gasteiger partial charge in [0.25, 0.3) is 0 Å². The van der Waals surface area contributed by atoms with E-state index >= 15 is 0 Å². The van der Waals surface area contributed by atoms with Crippen molar-refractivity contribution in [1.29, 1.82) is 0 Å². The molecular formula is C21H21ClF3N5O. The van der Waals surface area contributed by atoms with Crippen LogP contribution in [-0.2, 0) is 11.0 Å². The van der Waals surface area contributed by atoms with E-state index < -0.39 is 23.8 Å². The molecule has 6 nitrogen and oxygen atoms in total. The molecule has 10 heteroatoms. The third-order valence-corrected chi connectivity index (χ3v) is 5.88. The maximum Gasteiger partial charge on any atom is 0.434 e. The van der Waals surface area contributed by atoms with E-state index in [0.717, 1.165) is 36.8 Å². The first-order chi connectivity index (χ1) is 14.6. The quantitative estimate of drug-likeness (QED) is 0.555. The number of nitrogens with zero attached hydrogens (tertiary/aromatic N) is 4. The lowest BCUT2D eigenvalue weighted by atomic mass is 9.82. The maximum atomic E-state index is 13.0. The number of aryl methyl sites for hydroxylation is 1. The molecule has 2 heterocycles. The molecule has 31 heavy (non-hydrogen) atoms. The Morgan fingerprint density at radius 1 is 1.26 bits per heavy atom. The minimum absolute atomic E-state index is 0.117. The zero-order valence-corrected chi connectivity index (χ0v) is 17.7. The number of carbonyl (C=O) groups is 1. The summed E-state index contributed by atoms with van der Waals surface area (Å²) >= 11 is 5.99. The summed E-state index contributed by atoms with van der Waals surface area (Å²) in [6.07, 6.45) is 0.928. The van der Waals surface area contributed by atoms with E-state index in [1.165, 1.54) is 18.4 Å². The molecule has 0 radical (unpaired) electrons. The van der Waals surface area contributed by atoms with Crippen LogP contribution in [0.25, 0.3) is 5.69 Å². The normalized spacial score (nSPS) is 15.5. The van der Waals surface area contributed by atoms with Gasteiger partial charge in [-0.2, -0.15) is 18.3 Å². The van der Waals surface area contributed by atoms with Crippen molar-refractivity contribution >= 4 is 23.2 Å². The number of aromatic nitrogens is 4. The third-order valence-electron chi connectivity index (χ3n) is 5.63. The number of anilines is 1. The van der Waals surface area contributed by atoms with Gasteiger partial charge in [0.2, 0.25) is 5.91 Å². The van der Waals surface area contributed by atoms with Crippen molar-refractivity contribution < 1.29 is 18.0 Å². The maximum absolute atomic E-state index is 13.0. The van der Waals surface area contributed by atoms with E-state index in [2.05, 4.69) is 15.4 Å². The first kappa shape index (κ1) is 21.4. The molecular weight excluding hydrogens is 431 g/mol. The first-order valence-corrected chi connectivity index (χ1v) is 10.3. The average Bonchev–Trinajstić information content (AvgIpc) is 3.25. The fraction of sp³-hybridized carbons (Fsp3) is 0.381. The van der Waals surface area contributed by atoms with Crippen molar-refractivity contribution in [2.45, 2.75) is 51.2 Å². The number of imidazole rings is 1. The van der Waals surface area contributed by atoms with Crippen LogP contribution in [0, 0.1) is 6.92 Å². The molecule has 1 aliphatic carbocycles. The highest BCUT2D eigenvalue weighted by molar-refractivity contribution is 6.30. The molecule has 1 aliphatic rings. The zero-order valence-electron chi connectivity index (χ0n) is 16.9. The van der Waals surface area contributed by atoms with Crippen LogP contribution in [0.2, 0.25) is 5.02 Å². The summed E-state index contributed by atoms with van der Waals surface area (Å²) in [7, 11) is 0. The summed E-state index contributed by atoms with van der Waals surface area (Å²) in [6, 6.07) is 6.35. The molecule has 1 unspecified atom stereocenters. The highest BCUT2D eigenvalue weighted by Gasteiger charge is 2.35. The van der Waals surface area contributed by atoms with Crippen LogP contribution in [0.5, 0.6) is 0 Å². The number of hydrogen-bond acceptors (Lipinski definition) is 3. The standard InChI is InChI=1S/C21H21ClF3N5O/c1-12(29-11-18(21(23,24)25)27-13(29)2)20(31)28-17-10-26-30(19(17)14-4-3-5-14)16-8-6-15(22)7-9-16/h6-12,14H,3-5H2,1-2H3,(H,28,31). The van der Waals surface area contributed by atoms with Gasteiger partial charge in [0, 0.05) is 17.1 Å². The van der Waals surface area contributed by atoms with E-state index in [1.807, 2.05) is 12.1 Å². The Bertz CT molecular complexity index is 1100. The Morgan fingerprint density at radius 2 is 1.94 bits per heavy atom. The molecule has 1 amide bonds. The van der Waals surface area contributed by atoms with E-state index in [0.29, 0.717) is 10.7 Å². The SMILES string of the molecule is Cc1nc(C(F)(F)F)cn1C(C)C(=O)Nc1cnn(-c2ccc(Cl)cc2)c1C1CCC1. The molecule has 1 saturated carbocycles. The van der Waals surface area contributed by atoms with Crippen molar-refractivity contribution in [3.05, 3.63) is 58.9 Å². The van der Waals surface area contributed by atoms with Crippen molar-refractivity contribution in [3.8, 4) is 5.69 Å². The highest BCUT2D eigenvalue weighted by atomic mass is 35.5. The lowest BCUT2D eigenvalue weighted by Crippen LogP contribution is -2.25. The van der Waals surface area contributed by atoms with Gasteiger partial charge in [0.1, 0.15) is 11.9 Å². The topological polar surface area (TPSA) is 64.7 Å². The average molecular weight is 452 g/mol. The van der Waals surface area contributed by atoms with Gasteiger partial charge >= 0.3 is 6.18 Å². The van der Waals surface area contributed by atoms with E-state index in [1.54, 1.807) is 23.0 Å². The van der Waals surface area contributed by atoms with Gasteiger partial charge in [-0.15, -0.1) is 0 Å². The number of rotatable bonds is 5. The fourth-order valence-corrected chi connectivity index (χ4v) is 3.82. The van der Waals surface area contributed by atoms with E-state index in [4.69, 9.17) is 11.6 Å². The molecule has 2 aromatic heterocycles. The second-order valence-electron chi connectivity index (χ2n) is 7.70. The minimum Gasteiger partial charge on any atom is -0.322 e. The number of benzene rings is 1. The molecule has 0 bridgehead atoms. The molecule has 1 aromatic carbocycles. The molecule has 1 N–H and O–H groups in total. The summed E-state index contributed by atoms with van der Waals surface area (Å²) < 4.78 is 41.9. The van der Waals surface area contributed by atoms with Crippen molar-refractivity contribution in [2.24, 2.45) is 0 Å². The van der Waals surface area contributed by atoms with Crippen LogP contribution in [0.3, 0.4) is 0 Å². The number of alkyl halides is 3. The van der Waals surface area contributed by atoms with Crippen LogP contribution < -0.4 is 5.32 Å². The molecule has 1 atom stereocenters. The van der Waals surface area contributed by atoms with Gasteiger partial charge in [-0.1, -0.05) is 18.0 Å².